The molecule has 0 spiro atoms. The minimum atomic E-state index is 0.620. The van der Waals surface area contributed by atoms with Crippen molar-refractivity contribution in [2.75, 3.05) is 5.32 Å². The van der Waals surface area contributed by atoms with Gasteiger partial charge in [-0.1, -0.05) is 6.07 Å². The molecular weight excluding hydrogens is 228 g/mol. The van der Waals surface area contributed by atoms with Gasteiger partial charge in [-0.3, -0.25) is 4.68 Å². The van der Waals surface area contributed by atoms with Crippen LogP contribution in [0.3, 0.4) is 0 Å². The average Bonchev–Trinajstić information content (AvgIpc) is 2.93. The van der Waals surface area contributed by atoms with Crippen LogP contribution in [-0.4, -0.2) is 24.4 Å². The molecule has 0 saturated heterocycles. The van der Waals surface area contributed by atoms with E-state index in [0.717, 1.165) is 16.9 Å². The topological polar surface area (TPSA) is 60.0 Å². The van der Waals surface area contributed by atoms with Gasteiger partial charge in [0.15, 0.2) is 5.65 Å². The zero-order chi connectivity index (χ0) is 12.5. The molecule has 1 N–H and O–H groups in total. The number of pyridine rings is 1. The SMILES string of the molecule is Cc1cccn2nc(NCc3ccn(C)n3)nc12. The van der Waals surface area contributed by atoms with E-state index in [2.05, 4.69) is 20.5 Å². The second-order valence-corrected chi connectivity index (χ2v) is 4.23. The van der Waals surface area contributed by atoms with Crippen molar-refractivity contribution in [3.05, 3.63) is 41.9 Å². The lowest BCUT2D eigenvalue weighted by Gasteiger charge is -1.96. The van der Waals surface area contributed by atoms with E-state index in [4.69, 9.17) is 0 Å². The van der Waals surface area contributed by atoms with E-state index in [1.165, 1.54) is 0 Å². The fraction of sp³-hybridized carbons (Fsp3) is 0.250. The Kier molecular flexibility index (Phi) is 2.47. The number of rotatable bonds is 3. The molecule has 0 unspecified atom stereocenters. The number of hydrogen-bond donors (Lipinski definition) is 1. The van der Waals surface area contributed by atoms with E-state index in [0.29, 0.717) is 12.5 Å². The smallest absolute Gasteiger partial charge is 0.243 e. The van der Waals surface area contributed by atoms with E-state index in [-0.39, 0.29) is 0 Å². The van der Waals surface area contributed by atoms with Crippen LogP contribution in [0.1, 0.15) is 11.3 Å². The number of aromatic nitrogens is 5. The molecule has 3 heterocycles. The van der Waals surface area contributed by atoms with Gasteiger partial charge < -0.3 is 5.32 Å². The highest BCUT2D eigenvalue weighted by Gasteiger charge is 2.05. The van der Waals surface area contributed by atoms with Crippen molar-refractivity contribution in [2.24, 2.45) is 7.05 Å². The third-order valence-electron chi connectivity index (χ3n) is 2.75. The summed E-state index contributed by atoms with van der Waals surface area (Å²) in [6, 6.07) is 5.94. The van der Waals surface area contributed by atoms with Crippen LogP contribution in [0.2, 0.25) is 0 Å². The van der Waals surface area contributed by atoms with Crippen LogP contribution in [0.5, 0.6) is 0 Å². The molecule has 92 valence electrons. The van der Waals surface area contributed by atoms with E-state index in [1.807, 2.05) is 44.6 Å². The van der Waals surface area contributed by atoms with Gasteiger partial charge in [0.1, 0.15) is 0 Å². The molecule has 0 bridgehead atoms. The Bertz CT molecular complexity index is 681. The maximum atomic E-state index is 4.44. The normalized spacial score (nSPS) is 11.0. The van der Waals surface area contributed by atoms with Gasteiger partial charge in [-0.25, -0.2) is 4.52 Å². The van der Waals surface area contributed by atoms with Crippen molar-refractivity contribution in [3.63, 3.8) is 0 Å². The quantitative estimate of drug-likeness (QED) is 0.754. The first-order chi connectivity index (χ1) is 8.72. The molecule has 0 atom stereocenters. The first-order valence-corrected chi connectivity index (χ1v) is 5.77. The van der Waals surface area contributed by atoms with Crippen molar-refractivity contribution in [1.82, 2.24) is 24.4 Å². The van der Waals surface area contributed by atoms with Gasteiger partial charge in [-0.05, 0) is 24.6 Å². The van der Waals surface area contributed by atoms with Gasteiger partial charge in [-0.15, -0.1) is 5.10 Å². The first kappa shape index (κ1) is 10.8. The van der Waals surface area contributed by atoms with Gasteiger partial charge in [0, 0.05) is 19.4 Å². The Balaban J connectivity index is 1.81. The number of nitrogens with zero attached hydrogens (tertiary/aromatic N) is 5. The summed E-state index contributed by atoms with van der Waals surface area (Å²) in [6.07, 6.45) is 3.81. The Labute approximate surface area is 104 Å². The van der Waals surface area contributed by atoms with E-state index in [1.54, 1.807) is 9.20 Å². The molecule has 0 aliphatic carbocycles. The molecule has 0 aliphatic heterocycles. The highest BCUT2D eigenvalue weighted by atomic mass is 15.3. The Morgan fingerprint density at radius 1 is 1.22 bits per heavy atom. The molecule has 3 rings (SSSR count). The Hall–Kier alpha value is -2.37. The van der Waals surface area contributed by atoms with Gasteiger partial charge >= 0.3 is 0 Å². The molecular formula is C12H14N6. The highest BCUT2D eigenvalue weighted by Crippen LogP contribution is 2.10. The van der Waals surface area contributed by atoms with E-state index in [9.17, 15) is 0 Å². The number of hydrogen-bond acceptors (Lipinski definition) is 4. The number of aryl methyl sites for hydroxylation is 2. The molecule has 18 heavy (non-hydrogen) atoms. The van der Waals surface area contributed by atoms with Crippen LogP contribution in [0.15, 0.2) is 30.6 Å². The molecule has 0 aromatic carbocycles. The summed E-state index contributed by atoms with van der Waals surface area (Å²) in [6.45, 7) is 2.64. The lowest BCUT2D eigenvalue weighted by Crippen LogP contribution is -2.02. The monoisotopic (exact) mass is 242 g/mol. The fourth-order valence-corrected chi connectivity index (χ4v) is 1.84. The second kappa shape index (κ2) is 4.14. The summed E-state index contributed by atoms with van der Waals surface area (Å²) < 4.78 is 3.55. The van der Waals surface area contributed by atoms with Gasteiger partial charge in [-0.2, -0.15) is 10.1 Å². The highest BCUT2D eigenvalue weighted by molar-refractivity contribution is 5.49. The zero-order valence-electron chi connectivity index (χ0n) is 10.3. The van der Waals surface area contributed by atoms with E-state index >= 15 is 0 Å². The first-order valence-electron chi connectivity index (χ1n) is 5.77. The van der Waals surface area contributed by atoms with Crippen LogP contribution < -0.4 is 5.32 Å². The number of anilines is 1. The molecule has 6 heteroatoms. The zero-order valence-corrected chi connectivity index (χ0v) is 10.3. The third-order valence-corrected chi connectivity index (χ3v) is 2.75. The standard InChI is InChI=1S/C12H14N6/c1-9-4-3-6-18-11(9)14-12(16-18)13-8-10-5-7-17(2)15-10/h3-7H,8H2,1-2H3,(H,13,16). The van der Waals surface area contributed by atoms with Gasteiger partial charge in [0.2, 0.25) is 5.95 Å². The molecule has 3 aromatic heterocycles. The van der Waals surface area contributed by atoms with Crippen molar-refractivity contribution >= 4 is 11.6 Å². The van der Waals surface area contributed by atoms with Crippen LogP contribution in [0.4, 0.5) is 5.95 Å². The lowest BCUT2D eigenvalue weighted by molar-refractivity contribution is 0.746. The van der Waals surface area contributed by atoms with Crippen LogP contribution >= 0.6 is 0 Å². The molecule has 0 aliphatic rings. The molecule has 6 nitrogen and oxygen atoms in total. The fourth-order valence-electron chi connectivity index (χ4n) is 1.84. The average molecular weight is 242 g/mol. The van der Waals surface area contributed by atoms with Crippen LogP contribution in [0, 0.1) is 6.92 Å². The summed E-state index contributed by atoms with van der Waals surface area (Å²) in [7, 11) is 1.90. The molecule has 0 fully saturated rings. The molecule has 3 aromatic rings. The maximum Gasteiger partial charge on any atom is 0.243 e. The molecule has 0 amide bonds. The summed E-state index contributed by atoms with van der Waals surface area (Å²) in [5, 5.41) is 11.8. The third kappa shape index (κ3) is 1.92. The summed E-state index contributed by atoms with van der Waals surface area (Å²) in [4.78, 5) is 4.44. The minimum Gasteiger partial charge on any atom is -0.347 e. The van der Waals surface area contributed by atoms with Gasteiger partial charge in [0.05, 0.1) is 12.2 Å². The summed E-state index contributed by atoms with van der Waals surface area (Å²) in [5.41, 5.74) is 2.95. The maximum absolute atomic E-state index is 4.44. The van der Waals surface area contributed by atoms with Crippen LogP contribution in [0.25, 0.3) is 5.65 Å². The molecule has 0 radical (unpaired) electrons. The van der Waals surface area contributed by atoms with Crippen molar-refractivity contribution in [3.8, 4) is 0 Å². The summed E-state index contributed by atoms with van der Waals surface area (Å²) >= 11 is 0. The Morgan fingerprint density at radius 3 is 2.83 bits per heavy atom. The minimum absolute atomic E-state index is 0.620. The predicted molar refractivity (Wildman–Crippen MR) is 68.3 cm³/mol. The van der Waals surface area contributed by atoms with Crippen LogP contribution in [-0.2, 0) is 13.6 Å². The number of fused-ring (bicyclic) bond motifs is 1. The largest absolute Gasteiger partial charge is 0.347 e. The van der Waals surface area contributed by atoms with Crippen molar-refractivity contribution in [2.45, 2.75) is 13.5 Å². The van der Waals surface area contributed by atoms with Crippen molar-refractivity contribution < 1.29 is 0 Å². The number of nitrogens with one attached hydrogen (secondary N) is 1. The van der Waals surface area contributed by atoms with Gasteiger partial charge in [0.25, 0.3) is 0 Å². The summed E-state index contributed by atoms with van der Waals surface area (Å²) in [5.74, 6) is 0.620. The predicted octanol–water partition coefficient (Wildman–Crippen LogP) is 1.38. The second-order valence-electron chi connectivity index (χ2n) is 4.23. The Morgan fingerprint density at radius 2 is 2.11 bits per heavy atom. The van der Waals surface area contributed by atoms with Crippen molar-refractivity contribution in [1.29, 1.82) is 0 Å². The van der Waals surface area contributed by atoms with E-state index < -0.39 is 0 Å². The molecule has 0 saturated carbocycles. The lowest BCUT2D eigenvalue weighted by atomic mass is 10.3.